The summed E-state index contributed by atoms with van der Waals surface area (Å²) in [7, 11) is 0. The summed E-state index contributed by atoms with van der Waals surface area (Å²) in [4.78, 5) is 34.2. The summed E-state index contributed by atoms with van der Waals surface area (Å²) in [6.45, 7) is 6.22. The molecule has 9 heteroatoms. The van der Waals surface area contributed by atoms with E-state index in [0.717, 1.165) is 23.5 Å². The van der Waals surface area contributed by atoms with E-state index >= 15 is 0 Å². The highest BCUT2D eigenvalue weighted by Gasteiger charge is 2.29. The first-order chi connectivity index (χ1) is 15.5. The quantitative estimate of drug-likeness (QED) is 0.590. The number of nitrogens with zero attached hydrogens (tertiary/aromatic N) is 4. The molecule has 3 aromatic rings. The Labute approximate surface area is 191 Å². The first-order valence-corrected chi connectivity index (χ1v) is 11.6. The molecule has 3 heterocycles. The molecule has 0 bridgehead atoms. The van der Waals surface area contributed by atoms with Gasteiger partial charge in [0.2, 0.25) is 23.5 Å². The Hall–Kier alpha value is -3.04. The van der Waals surface area contributed by atoms with Crippen LogP contribution >= 0.6 is 11.3 Å². The Balaban J connectivity index is 1.33. The Morgan fingerprint density at radius 3 is 2.53 bits per heavy atom. The van der Waals surface area contributed by atoms with Gasteiger partial charge in [0.25, 0.3) is 0 Å². The summed E-state index contributed by atoms with van der Waals surface area (Å²) in [5.74, 6) is 1.07. The number of carbonyl (C=O) groups excluding carboxylic acids is 2. The van der Waals surface area contributed by atoms with Gasteiger partial charge in [-0.2, -0.15) is 4.98 Å². The van der Waals surface area contributed by atoms with Gasteiger partial charge in [-0.15, -0.1) is 11.3 Å². The number of hydrogen-bond donors (Lipinski definition) is 1. The predicted octanol–water partition coefficient (Wildman–Crippen LogP) is 3.27. The smallest absolute Gasteiger partial charge is 0.244 e. The molecule has 0 spiro atoms. The average molecular weight is 454 g/mol. The van der Waals surface area contributed by atoms with E-state index in [1.807, 2.05) is 59.7 Å². The van der Waals surface area contributed by atoms with E-state index in [4.69, 9.17) is 4.52 Å². The van der Waals surface area contributed by atoms with Crippen LogP contribution in [-0.4, -0.2) is 57.9 Å². The number of rotatable bonds is 7. The molecule has 1 saturated heterocycles. The third kappa shape index (κ3) is 5.23. The summed E-state index contributed by atoms with van der Waals surface area (Å²) in [5.41, 5.74) is 0.921. The number of piperazine rings is 1. The Morgan fingerprint density at radius 1 is 1.12 bits per heavy atom. The number of hydrogen-bond acceptors (Lipinski definition) is 7. The summed E-state index contributed by atoms with van der Waals surface area (Å²) in [6.07, 6.45) is 0.264. The summed E-state index contributed by atoms with van der Waals surface area (Å²) < 4.78 is 5.52. The lowest BCUT2D eigenvalue weighted by Crippen LogP contribution is -2.49. The zero-order chi connectivity index (χ0) is 22.5. The van der Waals surface area contributed by atoms with Crippen LogP contribution in [0.15, 0.2) is 52.4 Å². The van der Waals surface area contributed by atoms with Gasteiger partial charge >= 0.3 is 0 Å². The molecule has 0 radical (unpaired) electrons. The largest absolute Gasteiger partial charge is 0.348 e. The standard InChI is InChI=1S/C23H27N5O3S/c1-16(23-25-22(26-31-23)18-7-4-3-5-8-18)27-10-12-28(13-11-27)21(30)15-19(24-17(2)29)20-9-6-14-32-20/h3-9,14,16,19H,10-13,15H2,1-2H3,(H,24,29)/t16-,19+/m1/s1. The van der Waals surface area contributed by atoms with Gasteiger partial charge in [0.15, 0.2) is 0 Å². The van der Waals surface area contributed by atoms with Crippen LogP contribution in [0.4, 0.5) is 0 Å². The normalized spacial score (nSPS) is 16.5. The van der Waals surface area contributed by atoms with Crippen LogP contribution in [0, 0.1) is 0 Å². The van der Waals surface area contributed by atoms with Crippen molar-refractivity contribution < 1.29 is 14.1 Å². The second-order valence-corrected chi connectivity index (χ2v) is 8.87. The van der Waals surface area contributed by atoms with E-state index in [-0.39, 0.29) is 30.3 Å². The fourth-order valence-corrected chi connectivity index (χ4v) is 4.66. The monoisotopic (exact) mass is 453 g/mol. The van der Waals surface area contributed by atoms with Crippen molar-refractivity contribution >= 4 is 23.2 Å². The third-order valence-corrected chi connectivity index (χ3v) is 6.67. The average Bonchev–Trinajstić information content (AvgIpc) is 3.51. The molecule has 4 rings (SSSR count). The molecule has 0 aliphatic carbocycles. The molecular weight excluding hydrogens is 426 g/mol. The predicted molar refractivity (Wildman–Crippen MR) is 122 cm³/mol. The maximum atomic E-state index is 12.9. The second kappa shape index (κ2) is 10.1. The molecule has 1 aliphatic rings. The molecule has 2 atom stereocenters. The van der Waals surface area contributed by atoms with Crippen molar-refractivity contribution in [2.75, 3.05) is 26.2 Å². The van der Waals surface area contributed by atoms with Crippen molar-refractivity contribution in [3.8, 4) is 11.4 Å². The summed E-state index contributed by atoms with van der Waals surface area (Å²) in [5, 5.41) is 8.97. The van der Waals surface area contributed by atoms with Gasteiger partial charge in [0, 0.05) is 43.5 Å². The highest BCUT2D eigenvalue weighted by Crippen LogP contribution is 2.25. The Bertz CT molecular complexity index is 1030. The van der Waals surface area contributed by atoms with Gasteiger partial charge < -0.3 is 14.7 Å². The minimum Gasteiger partial charge on any atom is -0.348 e. The summed E-state index contributed by atoms with van der Waals surface area (Å²) >= 11 is 1.55. The first kappa shape index (κ1) is 22.2. The fraction of sp³-hybridized carbons (Fsp3) is 0.391. The van der Waals surface area contributed by atoms with Crippen LogP contribution in [0.2, 0.25) is 0 Å². The fourth-order valence-electron chi connectivity index (χ4n) is 3.89. The van der Waals surface area contributed by atoms with E-state index in [1.54, 1.807) is 11.3 Å². The Morgan fingerprint density at radius 2 is 1.88 bits per heavy atom. The second-order valence-electron chi connectivity index (χ2n) is 7.89. The van der Waals surface area contributed by atoms with Gasteiger partial charge in [-0.05, 0) is 18.4 Å². The molecule has 2 aromatic heterocycles. The molecule has 1 aromatic carbocycles. The molecule has 2 amide bonds. The van der Waals surface area contributed by atoms with Crippen LogP contribution in [0.1, 0.15) is 43.1 Å². The minimum absolute atomic E-state index is 0.0320. The zero-order valence-electron chi connectivity index (χ0n) is 18.2. The minimum atomic E-state index is -0.285. The molecule has 8 nitrogen and oxygen atoms in total. The summed E-state index contributed by atoms with van der Waals surface area (Å²) in [6, 6.07) is 13.3. The van der Waals surface area contributed by atoms with Gasteiger partial charge in [-0.3, -0.25) is 14.5 Å². The van der Waals surface area contributed by atoms with Crippen molar-refractivity contribution in [2.24, 2.45) is 0 Å². The van der Waals surface area contributed by atoms with Crippen LogP contribution in [0.5, 0.6) is 0 Å². The zero-order valence-corrected chi connectivity index (χ0v) is 19.0. The molecule has 1 aliphatic heterocycles. The van der Waals surface area contributed by atoms with Gasteiger partial charge in [-0.25, -0.2) is 0 Å². The van der Waals surface area contributed by atoms with Crippen LogP contribution in [0.3, 0.4) is 0 Å². The van der Waals surface area contributed by atoms with Gasteiger partial charge in [0.1, 0.15) is 0 Å². The van der Waals surface area contributed by atoms with E-state index in [0.29, 0.717) is 24.8 Å². The number of nitrogens with one attached hydrogen (secondary N) is 1. The maximum Gasteiger partial charge on any atom is 0.244 e. The van der Waals surface area contributed by atoms with Crippen molar-refractivity contribution in [1.82, 2.24) is 25.3 Å². The highest BCUT2D eigenvalue weighted by atomic mass is 32.1. The van der Waals surface area contributed by atoms with E-state index in [1.165, 1.54) is 6.92 Å². The number of carbonyl (C=O) groups is 2. The van der Waals surface area contributed by atoms with E-state index in [9.17, 15) is 9.59 Å². The number of aromatic nitrogens is 2. The van der Waals surface area contributed by atoms with Gasteiger partial charge in [0.05, 0.1) is 18.5 Å². The van der Waals surface area contributed by atoms with Crippen molar-refractivity contribution in [1.29, 1.82) is 0 Å². The van der Waals surface area contributed by atoms with Crippen LogP contribution in [-0.2, 0) is 9.59 Å². The molecule has 1 N–H and O–H groups in total. The van der Waals surface area contributed by atoms with Crippen LogP contribution < -0.4 is 5.32 Å². The molecule has 0 saturated carbocycles. The van der Waals surface area contributed by atoms with E-state index < -0.39 is 0 Å². The molecule has 1 fully saturated rings. The van der Waals surface area contributed by atoms with Crippen molar-refractivity contribution in [2.45, 2.75) is 32.4 Å². The molecule has 168 valence electrons. The lowest BCUT2D eigenvalue weighted by molar-refractivity contribution is -0.134. The van der Waals surface area contributed by atoms with E-state index in [2.05, 4.69) is 20.4 Å². The SMILES string of the molecule is CC(=O)N[C@@H](CC(=O)N1CCN([C@H](C)c2nc(-c3ccccc3)no2)CC1)c1cccs1. The van der Waals surface area contributed by atoms with Crippen molar-refractivity contribution in [3.63, 3.8) is 0 Å². The number of benzene rings is 1. The third-order valence-electron chi connectivity index (χ3n) is 5.69. The molecule has 0 unspecified atom stereocenters. The number of amides is 2. The van der Waals surface area contributed by atoms with Crippen molar-refractivity contribution in [3.05, 3.63) is 58.6 Å². The number of thiophene rings is 1. The van der Waals surface area contributed by atoms with Gasteiger partial charge in [-0.1, -0.05) is 41.6 Å². The Kier molecular flexibility index (Phi) is 6.96. The van der Waals surface area contributed by atoms with Crippen LogP contribution in [0.25, 0.3) is 11.4 Å². The maximum absolute atomic E-state index is 12.9. The lowest BCUT2D eigenvalue weighted by Gasteiger charge is -2.37. The molecule has 32 heavy (non-hydrogen) atoms. The first-order valence-electron chi connectivity index (χ1n) is 10.7. The lowest BCUT2D eigenvalue weighted by atomic mass is 10.1. The highest BCUT2D eigenvalue weighted by molar-refractivity contribution is 7.10. The molecular formula is C23H27N5O3S. The topological polar surface area (TPSA) is 91.6 Å².